The fraction of sp³-hybridized carbons (Fsp3) is 0.556. The van der Waals surface area contributed by atoms with Crippen molar-refractivity contribution in [2.75, 3.05) is 14.2 Å². The Morgan fingerprint density at radius 2 is 2.00 bits per heavy atom. The number of methoxy groups -OCH3 is 2. The Morgan fingerprint density at radius 1 is 1.33 bits per heavy atom. The van der Waals surface area contributed by atoms with Crippen LogP contribution in [0.1, 0.15) is 37.7 Å². The van der Waals surface area contributed by atoms with Gasteiger partial charge in [-0.2, -0.15) is 0 Å². The largest absolute Gasteiger partial charge is 0.385 e. The molecule has 0 heterocycles. The minimum absolute atomic E-state index is 0.195. The van der Waals surface area contributed by atoms with Gasteiger partial charge in [0.05, 0.1) is 5.60 Å². The molecule has 0 spiro atoms. The summed E-state index contributed by atoms with van der Waals surface area (Å²) in [4.78, 5) is 0. The maximum atomic E-state index is 11.2. The summed E-state index contributed by atoms with van der Waals surface area (Å²) in [6.07, 6.45) is 4.34. The number of rotatable bonds is 7. The van der Waals surface area contributed by atoms with Gasteiger partial charge in [0.2, 0.25) is 0 Å². The third-order valence-corrected chi connectivity index (χ3v) is 4.71. The second-order valence-corrected chi connectivity index (χ2v) is 5.84. The molecule has 3 heteroatoms. The number of hydrogen-bond donors (Lipinski definition) is 1. The first kappa shape index (κ1) is 16.2. The number of hydrogen-bond acceptors (Lipinski definition) is 3. The lowest BCUT2D eigenvalue weighted by molar-refractivity contribution is -0.111. The van der Waals surface area contributed by atoms with E-state index in [1.54, 1.807) is 14.2 Å². The summed E-state index contributed by atoms with van der Waals surface area (Å²) in [5.74, 6) is 0.220. The molecule has 0 unspecified atom stereocenters. The second-order valence-electron chi connectivity index (χ2n) is 5.84. The molecule has 1 aromatic carbocycles. The van der Waals surface area contributed by atoms with E-state index in [4.69, 9.17) is 9.47 Å². The van der Waals surface area contributed by atoms with Crippen molar-refractivity contribution in [2.24, 2.45) is 5.92 Å². The molecule has 21 heavy (non-hydrogen) atoms. The van der Waals surface area contributed by atoms with Gasteiger partial charge in [-0.3, -0.25) is 0 Å². The van der Waals surface area contributed by atoms with E-state index in [1.165, 1.54) is 0 Å². The Balaban J connectivity index is 2.07. The molecule has 2 rings (SSSR count). The Labute approximate surface area is 127 Å². The fourth-order valence-electron chi connectivity index (χ4n) is 3.40. The topological polar surface area (TPSA) is 38.7 Å². The third kappa shape index (κ3) is 3.54. The van der Waals surface area contributed by atoms with Gasteiger partial charge in [-0.25, -0.2) is 0 Å². The molecule has 0 aromatic heterocycles. The SMILES string of the molecule is C=C(c1ccccc1)[C@]1(O)CCC[C@H]1CCC(OC)OC. The molecule has 1 aromatic rings. The van der Waals surface area contributed by atoms with Crippen molar-refractivity contribution in [1.82, 2.24) is 0 Å². The molecule has 3 nitrogen and oxygen atoms in total. The van der Waals surface area contributed by atoms with Gasteiger partial charge in [0.15, 0.2) is 6.29 Å². The highest BCUT2D eigenvalue weighted by molar-refractivity contribution is 5.70. The van der Waals surface area contributed by atoms with Gasteiger partial charge >= 0.3 is 0 Å². The summed E-state index contributed by atoms with van der Waals surface area (Å²) in [5, 5.41) is 11.2. The van der Waals surface area contributed by atoms with E-state index in [9.17, 15) is 5.11 Å². The van der Waals surface area contributed by atoms with E-state index in [0.29, 0.717) is 0 Å². The first-order valence-electron chi connectivity index (χ1n) is 7.64. The Hall–Kier alpha value is -1.16. The van der Waals surface area contributed by atoms with E-state index in [-0.39, 0.29) is 12.2 Å². The molecule has 116 valence electrons. The van der Waals surface area contributed by atoms with Crippen molar-refractivity contribution in [3.63, 3.8) is 0 Å². The van der Waals surface area contributed by atoms with E-state index in [0.717, 1.165) is 43.2 Å². The first-order chi connectivity index (χ1) is 10.1. The standard InChI is InChI=1S/C18H26O3/c1-14(15-8-5-4-6-9-15)18(19)13-7-10-16(18)11-12-17(20-2)21-3/h4-6,8-9,16-17,19H,1,7,10-13H2,2-3H3/t16-,18+/m0/s1. The van der Waals surface area contributed by atoms with Crippen LogP contribution in [0.2, 0.25) is 0 Å². The number of aliphatic hydroxyl groups is 1. The van der Waals surface area contributed by atoms with Gasteiger partial charge in [-0.1, -0.05) is 36.9 Å². The van der Waals surface area contributed by atoms with Crippen LogP contribution in [-0.4, -0.2) is 31.2 Å². The summed E-state index contributed by atoms with van der Waals surface area (Å²) >= 11 is 0. The second kappa shape index (κ2) is 7.21. The molecule has 0 saturated heterocycles. The lowest BCUT2D eigenvalue weighted by atomic mass is 9.79. The molecule has 0 aliphatic heterocycles. The van der Waals surface area contributed by atoms with Crippen molar-refractivity contribution in [1.29, 1.82) is 0 Å². The van der Waals surface area contributed by atoms with Crippen LogP contribution in [0.3, 0.4) is 0 Å². The van der Waals surface area contributed by atoms with Crippen LogP contribution in [0.15, 0.2) is 36.9 Å². The Kier molecular flexibility index (Phi) is 5.57. The van der Waals surface area contributed by atoms with Gasteiger partial charge in [-0.15, -0.1) is 0 Å². The molecule has 1 aliphatic rings. The molecule has 0 amide bonds. The van der Waals surface area contributed by atoms with E-state index < -0.39 is 5.60 Å². The van der Waals surface area contributed by atoms with Crippen molar-refractivity contribution in [3.05, 3.63) is 42.5 Å². The average molecular weight is 290 g/mol. The lowest BCUT2D eigenvalue weighted by Crippen LogP contribution is -2.35. The molecule has 1 saturated carbocycles. The highest BCUT2D eigenvalue weighted by atomic mass is 16.7. The van der Waals surface area contributed by atoms with Crippen LogP contribution in [0.5, 0.6) is 0 Å². The number of ether oxygens (including phenoxy) is 2. The van der Waals surface area contributed by atoms with Crippen LogP contribution in [-0.2, 0) is 9.47 Å². The molecule has 1 aliphatic carbocycles. The predicted octanol–water partition coefficient (Wildman–Crippen LogP) is 3.63. The summed E-state index contributed by atoms with van der Waals surface area (Å²) in [6, 6.07) is 9.99. The van der Waals surface area contributed by atoms with Crippen molar-refractivity contribution in [3.8, 4) is 0 Å². The van der Waals surface area contributed by atoms with Crippen LogP contribution in [0.4, 0.5) is 0 Å². The predicted molar refractivity (Wildman–Crippen MR) is 84.8 cm³/mol. The monoisotopic (exact) mass is 290 g/mol. The van der Waals surface area contributed by atoms with Crippen LogP contribution < -0.4 is 0 Å². The van der Waals surface area contributed by atoms with Crippen molar-refractivity contribution < 1.29 is 14.6 Å². The molecular formula is C18H26O3. The van der Waals surface area contributed by atoms with Crippen molar-refractivity contribution in [2.45, 2.75) is 44.0 Å². The van der Waals surface area contributed by atoms with Crippen LogP contribution >= 0.6 is 0 Å². The van der Waals surface area contributed by atoms with Crippen LogP contribution in [0.25, 0.3) is 5.57 Å². The highest BCUT2D eigenvalue weighted by Gasteiger charge is 2.43. The Morgan fingerprint density at radius 3 is 2.62 bits per heavy atom. The summed E-state index contributed by atoms with van der Waals surface area (Å²) in [6.45, 7) is 4.18. The zero-order chi connectivity index (χ0) is 15.3. The summed E-state index contributed by atoms with van der Waals surface area (Å²) < 4.78 is 10.5. The van der Waals surface area contributed by atoms with Gasteiger partial charge in [0.1, 0.15) is 0 Å². The summed E-state index contributed by atoms with van der Waals surface area (Å²) in [5.41, 5.74) is 1.08. The maximum Gasteiger partial charge on any atom is 0.156 e. The fourth-order valence-corrected chi connectivity index (χ4v) is 3.40. The Bertz CT molecular complexity index is 453. The summed E-state index contributed by atoms with van der Waals surface area (Å²) in [7, 11) is 3.30. The molecule has 0 bridgehead atoms. The van der Waals surface area contributed by atoms with Gasteiger partial charge in [0, 0.05) is 14.2 Å². The average Bonchev–Trinajstić information content (AvgIpc) is 2.91. The maximum absolute atomic E-state index is 11.2. The van der Waals surface area contributed by atoms with Gasteiger partial charge in [0.25, 0.3) is 0 Å². The zero-order valence-electron chi connectivity index (χ0n) is 13.0. The molecule has 2 atom stereocenters. The minimum Gasteiger partial charge on any atom is -0.385 e. The third-order valence-electron chi connectivity index (χ3n) is 4.71. The normalized spacial score (nSPS) is 25.4. The van der Waals surface area contributed by atoms with E-state index in [1.807, 2.05) is 30.3 Å². The zero-order valence-corrected chi connectivity index (χ0v) is 13.0. The van der Waals surface area contributed by atoms with Gasteiger partial charge < -0.3 is 14.6 Å². The van der Waals surface area contributed by atoms with E-state index >= 15 is 0 Å². The first-order valence-corrected chi connectivity index (χ1v) is 7.64. The molecular weight excluding hydrogens is 264 g/mol. The quantitative estimate of drug-likeness (QED) is 0.779. The molecule has 0 radical (unpaired) electrons. The smallest absolute Gasteiger partial charge is 0.156 e. The van der Waals surface area contributed by atoms with Gasteiger partial charge in [-0.05, 0) is 49.2 Å². The van der Waals surface area contributed by atoms with E-state index in [2.05, 4.69) is 6.58 Å². The molecule has 1 fully saturated rings. The highest BCUT2D eigenvalue weighted by Crippen LogP contribution is 2.46. The van der Waals surface area contributed by atoms with Crippen LogP contribution in [0, 0.1) is 5.92 Å². The van der Waals surface area contributed by atoms with Crippen molar-refractivity contribution >= 4 is 5.57 Å². The minimum atomic E-state index is -0.798. The number of benzene rings is 1. The molecule has 1 N–H and O–H groups in total. The lowest BCUT2D eigenvalue weighted by Gasteiger charge is -2.33.